The summed E-state index contributed by atoms with van der Waals surface area (Å²) in [5.74, 6) is -0.469. The number of amides is 2. The maximum absolute atomic E-state index is 12.4. The fourth-order valence-corrected chi connectivity index (χ4v) is 2.98. The van der Waals surface area contributed by atoms with Crippen molar-refractivity contribution >= 4 is 11.8 Å². The second kappa shape index (κ2) is 8.12. The average molecular weight is 375 g/mol. The molecule has 144 valence electrons. The minimum absolute atomic E-state index is 0.0499. The zero-order valence-corrected chi connectivity index (χ0v) is 15.1. The van der Waals surface area contributed by atoms with Crippen LogP contribution in [0, 0.1) is 6.92 Å². The van der Waals surface area contributed by atoms with Gasteiger partial charge in [0.05, 0.1) is 6.54 Å². The van der Waals surface area contributed by atoms with Crippen molar-refractivity contribution in [2.75, 3.05) is 20.1 Å². The molecule has 1 atom stereocenters. The highest BCUT2D eigenvalue weighted by molar-refractivity contribution is 5.95. The maximum Gasteiger partial charge on any atom is 0.349 e. The number of rotatable bonds is 5. The molecule has 1 fully saturated rings. The highest BCUT2D eigenvalue weighted by Crippen LogP contribution is 2.23. The summed E-state index contributed by atoms with van der Waals surface area (Å²) in [5, 5.41) is 11.7. The zero-order valence-electron chi connectivity index (χ0n) is 15.1. The van der Waals surface area contributed by atoms with E-state index in [2.05, 4.69) is 26.1 Å². The lowest BCUT2D eigenvalue weighted by Crippen LogP contribution is -2.31. The fraction of sp³-hybridized carbons (Fsp3) is 0.471. The Labute approximate surface area is 154 Å². The summed E-state index contributed by atoms with van der Waals surface area (Å²) in [6.07, 6.45) is 1.95. The Balaban J connectivity index is 1.70. The number of hydrogen-bond acceptors (Lipinski definition) is 8. The summed E-state index contributed by atoms with van der Waals surface area (Å²) < 4.78 is 10.3. The molecule has 27 heavy (non-hydrogen) atoms. The van der Waals surface area contributed by atoms with E-state index in [0.717, 1.165) is 25.9 Å². The molecule has 1 aliphatic rings. The van der Waals surface area contributed by atoms with Gasteiger partial charge in [0.15, 0.2) is 0 Å². The molecular weight excluding hydrogens is 354 g/mol. The van der Waals surface area contributed by atoms with E-state index in [1.54, 1.807) is 13.0 Å². The van der Waals surface area contributed by atoms with Gasteiger partial charge in [0.2, 0.25) is 5.89 Å². The monoisotopic (exact) mass is 375 g/mol. The van der Waals surface area contributed by atoms with E-state index in [9.17, 15) is 14.4 Å². The zero-order chi connectivity index (χ0) is 19.4. The first-order valence-electron chi connectivity index (χ1n) is 8.67. The largest absolute Gasteiger partial charge is 0.427 e. The van der Waals surface area contributed by atoms with Gasteiger partial charge in [-0.25, -0.2) is 4.79 Å². The van der Waals surface area contributed by atoms with E-state index in [0.29, 0.717) is 11.3 Å². The molecule has 1 aliphatic heterocycles. The van der Waals surface area contributed by atoms with E-state index < -0.39 is 17.4 Å². The van der Waals surface area contributed by atoms with Gasteiger partial charge < -0.3 is 24.9 Å². The van der Waals surface area contributed by atoms with E-state index in [1.807, 2.05) is 0 Å². The molecule has 2 aromatic rings. The summed E-state index contributed by atoms with van der Waals surface area (Å²) in [5.41, 5.74) is -0.195. The minimum atomic E-state index is -0.676. The van der Waals surface area contributed by atoms with Crippen LogP contribution in [0.2, 0.25) is 0 Å². The molecule has 3 N–H and O–H groups in total. The van der Waals surface area contributed by atoms with Gasteiger partial charge in [-0.3, -0.25) is 9.59 Å². The molecule has 2 aromatic heterocycles. The first-order valence-corrected chi connectivity index (χ1v) is 8.67. The second-order valence-corrected chi connectivity index (χ2v) is 6.31. The van der Waals surface area contributed by atoms with Crippen molar-refractivity contribution in [1.29, 1.82) is 0 Å². The Kier molecular flexibility index (Phi) is 5.65. The standard InChI is InChI=1S/C17H21N5O5/c1-9-6-11(10-4-3-5-19-7-10)26-17(25)13(9)15(23)20-8-12-21-14(22-27-12)16(24)18-2/h6,10,19H,3-5,7-8H2,1-2H3,(H,18,24)(H,20,23). The number of carbonyl (C=O) groups excluding carboxylic acids is 2. The summed E-state index contributed by atoms with van der Waals surface area (Å²) in [6.45, 7) is 3.29. The average Bonchev–Trinajstić information content (AvgIpc) is 3.15. The van der Waals surface area contributed by atoms with Gasteiger partial charge in [0, 0.05) is 19.5 Å². The van der Waals surface area contributed by atoms with E-state index >= 15 is 0 Å². The van der Waals surface area contributed by atoms with E-state index in [-0.39, 0.29) is 29.7 Å². The Hall–Kier alpha value is -3.01. The van der Waals surface area contributed by atoms with Gasteiger partial charge in [-0.05, 0) is 37.9 Å². The molecule has 0 aromatic carbocycles. The van der Waals surface area contributed by atoms with Gasteiger partial charge in [-0.1, -0.05) is 5.16 Å². The Morgan fingerprint density at radius 1 is 1.37 bits per heavy atom. The van der Waals surface area contributed by atoms with Crippen LogP contribution in [0.5, 0.6) is 0 Å². The van der Waals surface area contributed by atoms with Gasteiger partial charge in [0.1, 0.15) is 11.3 Å². The molecule has 1 unspecified atom stereocenters. The van der Waals surface area contributed by atoms with Crippen molar-refractivity contribution in [2.24, 2.45) is 0 Å². The van der Waals surface area contributed by atoms with E-state index in [4.69, 9.17) is 8.94 Å². The molecule has 0 bridgehead atoms. The van der Waals surface area contributed by atoms with Crippen LogP contribution < -0.4 is 21.6 Å². The third-order valence-corrected chi connectivity index (χ3v) is 4.39. The molecular formula is C17H21N5O5. The number of hydrogen-bond donors (Lipinski definition) is 3. The van der Waals surface area contributed by atoms with Crippen LogP contribution in [0.4, 0.5) is 0 Å². The molecule has 3 heterocycles. The summed E-state index contributed by atoms with van der Waals surface area (Å²) in [6, 6.07) is 1.74. The van der Waals surface area contributed by atoms with Crippen LogP contribution >= 0.6 is 0 Å². The number of piperidine rings is 1. The summed E-state index contributed by atoms with van der Waals surface area (Å²) >= 11 is 0. The topological polar surface area (TPSA) is 139 Å². The highest BCUT2D eigenvalue weighted by atomic mass is 16.5. The van der Waals surface area contributed by atoms with Crippen molar-refractivity contribution < 1.29 is 18.5 Å². The van der Waals surface area contributed by atoms with Crippen LogP contribution in [0.15, 0.2) is 19.8 Å². The SMILES string of the molecule is CNC(=O)c1noc(CNC(=O)c2c(C)cc(C3CCCNC3)oc2=O)n1. The number of aryl methyl sites for hydroxylation is 1. The Bertz CT molecular complexity index is 897. The number of aromatic nitrogens is 2. The molecule has 10 heteroatoms. The maximum atomic E-state index is 12.4. The number of carbonyl (C=O) groups is 2. The van der Waals surface area contributed by atoms with Crippen LogP contribution in [0.3, 0.4) is 0 Å². The fourth-order valence-electron chi connectivity index (χ4n) is 2.98. The molecule has 0 saturated carbocycles. The van der Waals surface area contributed by atoms with Gasteiger partial charge in [0.25, 0.3) is 17.6 Å². The molecule has 2 amide bonds. The third-order valence-electron chi connectivity index (χ3n) is 4.39. The smallest absolute Gasteiger partial charge is 0.349 e. The number of nitrogens with zero attached hydrogens (tertiary/aromatic N) is 2. The predicted octanol–water partition coefficient (Wildman–Crippen LogP) is 0.0878. The first kappa shape index (κ1) is 18.8. The molecule has 10 nitrogen and oxygen atoms in total. The van der Waals surface area contributed by atoms with Crippen molar-refractivity contribution in [3.63, 3.8) is 0 Å². The quantitative estimate of drug-likeness (QED) is 0.668. The first-order chi connectivity index (χ1) is 13.0. The summed E-state index contributed by atoms with van der Waals surface area (Å²) in [4.78, 5) is 40.0. The van der Waals surface area contributed by atoms with Crippen LogP contribution in [-0.4, -0.2) is 42.1 Å². The van der Waals surface area contributed by atoms with Crippen LogP contribution in [0.1, 0.15) is 57.0 Å². The lowest BCUT2D eigenvalue weighted by atomic mass is 9.95. The van der Waals surface area contributed by atoms with Crippen molar-refractivity contribution in [1.82, 2.24) is 26.1 Å². The van der Waals surface area contributed by atoms with Crippen molar-refractivity contribution in [3.8, 4) is 0 Å². The summed E-state index contributed by atoms with van der Waals surface area (Å²) in [7, 11) is 1.44. The molecule has 0 radical (unpaired) electrons. The lowest BCUT2D eigenvalue weighted by molar-refractivity contribution is 0.0935. The molecule has 0 aliphatic carbocycles. The van der Waals surface area contributed by atoms with Gasteiger partial charge in [-0.15, -0.1) is 0 Å². The lowest BCUT2D eigenvalue weighted by Gasteiger charge is -2.22. The van der Waals surface area contributed by atoms with Crippen LogP contribution in [0.25, 0.3) is 0 Å². The molecule has 3 rings (SSSR count). The van der Waals surface area contributed by atoms with E-state index in [1.165, 1.54) is 7.05 Å². The van der Waals surface area contributed by atoms with Crippen molar-refractivity contribution in [2.45, 2.75) is 32.2 Å². The number of nitrogens with one attached hydrogen (secondary N) is 3. The predicted molar refractivity (Wildman–Crippen MR) is 93.4 cm³/mol. The third kappa shape index (κ3) is 4.22. The van der Waals surface area contributed by atoms with Gasteiger partial charge >= 0.3 is 5.63 Å². The normalized spacial score (nSPS) is 16.7. The Morgan fingerprint density at radius 3 is 2.85 bits per heavy atom. The minimum Gasteiger partial charge on any atom is -0.427 e. The molecule has 1 saturated heterocycles. The highest BCUT2D eigenvalue weighted by Gasteiger charge is 2.23. The second-order valence-electron chi connectivity index (χ2n) is 6.31. The van der Waals surface area contributed by atoms with Crippen molar-refractivity contribution in [3.05, 3.63) is 45.1 Å². The molecule has 0 spiro atoms. The van der Waals surface area contributed by atoms with Crippen LogP contribution in [-0.2, 0) is 6.54 Å². The Morgan fingerprint density at radius 2 is 2.19 bits per heavy atom. The van der Waals surface area contributed by atoms with Gasteiger partial charge in [-0.2, -0.15) is 4.98 Å².